The van der Waals surface area contributed by atoms with E-state index in [9.17, 15) is 4.39 Å². The van der Waals surface area contributed by atoms with Gasteiger partial charge in [0.2, 0.25) is 0 Å². The summed E-state index contributed by atoms with van der Waals surface area (Å²) in [6, 6.07) is 8.53. The Bertz CT molecular complexity index is 664. The number of guanidine groups is 1. The Kier molecular flexibility index (Phi) is 6.04. The molecule has 1 atom stereocenters. The average molecular weight is 338 g/mol. The highest BCUT2D eigenvalue weighted by molar-refractivity contribution is 6.31. The van der Waals surface area contributed by atoms with E-state index in [1.165, 1.54) is 6.07 Å². The summed E-state index contributed by atoms with van der Waals surface area (Å²) in [6.07, 6.45) is 0.473. The van der Waals surface area contributed by atoms with E-state index in [-0.39, 0.29) is 11.9 Å². The van der Waals surface area contributed by atoms with Gasteiger partial charge in [0.05, 0.1) is 6.04 Å². The number of halogens is 2. The molecule has 6 heteroatoms. The SMILES string of the molecule is CN=C(NCCc1c(F)cccc1Cl)NC(C)c1ccc(C)o1. The van der Waals surface area contributed by atoms with Crippen LogP contribution in [0.1, 0.15) is 30.0 Å². The Hall–Kier alpha value is -2.01. The lowest BCUT2D eigenvalue weighted by atomic mass is 10.1. The quantitative estimate of drug-likeness (QED) is 0.643. The Morgan fingerprint density at radius 3 is 2.74 bits per heavy atom. The van der Waals surface area contributed by atoms with Gasteiger partial charge < -0.3 is 15.1 Å². The van der Waals surface area contributed by atoms with Crippen molar-refractivity contribution in [3.8, 4) is 0 Å². The van der Waals surface area contributed by atoms with Gasteiger partial charge in [-0.3, -0.25) is 4.99 Å². The van der Waals surface area contributed by atoms with Crippen LogP contribution >= 0.6 is 11.6 Å². The molecular weight excluding hydrogens is 317 g/mol. The highest BCUT2D eigenvalue weighted by Gasteiger charge is 2.12. The van der Waals surface area contributed by atoms with Crippen LogP contribution in [-0.2, 0) is 6.42 Å². The smallest absolute Gasteiger partial charge is 0.191 e. The molecule has 23 heavy (non-hydrogen) atoms. The van der Waals surface area contributed by atoms with Gasteiger partial charge in [0.15, 0.2) is 5.96 Å². The van der Waals surface area contributed by atoms with Crippen LogP contribution in [0.25, 0.3) is 0 Å². The first kappa shape index (κ1) is 17.3. The molecule has 2 rings (SSSR count). The van der Waals surface area contributed by atoms with Crippen molar-refractivity contribution < 1.29 is 8.81 Å². The van der Waals surface area contributed by atoms with Crippen LogP contribution in [0.3, 0.4) is 0 Å². The van der Waals surface area contributed by atoms with Crippen molar-refractivity contribution in [1.29, 1.82) is 0 Å². The molecule has 0 saturated carbocycles. The highest BCUT2D eigenvalue weighted by atomic mass is 35.5. The van der Waals surface area contributed by atoms with Crippen molar-refractivity contribution in [3.05, 3.63) is 58.3 Å². The minimum atomic E-state index is -0.290. The van der Waals surface area contributed by atoms with E-state index in [4.69, 9.17) is 16.0 Å². The maximum atomic E-state index is 13.7. The molecule has 0 saturated heterocycles. The van der Waals surface area contributed by atoms with Crippen molar-refractivity contribution >= 4 is 17.6 Å². The number of furan rings is 1. The van der Waals surface area contributed by atoms with Crippen molar-refractivity contribution in [2.75, 3.05) is 13.6 Å². The lowest BCUT2D eigenvalue weighted by Gasteiger charge is -2.16. The topological polar surface area (TPSA) is 49.6 Å². The first-order valence-corrected chi connectivity index (χ1v) is 7.85. The molecule has 0 radical (unpaired) electrons. The second-order valence-electron chi connectivity index (χ2n) is 5.26. The molecule has 0 bridgehead atoms. The van der Waals surface area contributed by atoms with E-state index in [1.54, 1.807) is 19.2 Å². The fourth-order valence-corrected chi connectivity index (χ4v) is 2.49. The normalized spacial score (nSPS) is 13.0. The molecule has 1 aromatic heterocycles. The molecule has 0 spiro atoms. The van der Waals surface area contributed by atoms with Crippen LogP contribution in [0.5, 0.6) is 0 Å². The molecular formula is C17H21ClFN3O. The highest BCUT2D eigenvalue weighted by Crippen LogP contribution is 2.19. The zero-order chi connectivity index (χ0) is 16.8. The fraction of sp³-hybridized carbons (Fsp3) is 0.353. The van der Waals surface area contributed by atoms with Crippen LogP contribution in [0.2, 0.25) is 5.02 Å². The summed E-state index contributed by atoms with van der Waals surface area (Å²) in [7, 11) is 1.69. The Balaban J connectivity index is 1.88. The van der Waals surface area contributed by atoms with Crippen LogP contribution < -0.4 is 10.6 Å². The molecule has 4 nitrogen and oxygen atoms in total. The van der Waals surface area contributed by atoms with E-state index in [2.05, 4.69) is 15.6 Å². The second kappa shape index (κ2) is 8.02. The van der Waals surface area contributed by atoms with Crippen molar-refractivity contribution in [2.45, 2.75) is 26.3 Å². The molecule has 0 aliphatic carbocycles. The van der Waals surface area contributed by atoms with Gasteiger partial charge in [0.25, 0.3) is 0 Å². The Morgan fingerprint density at radius 1 is 1.35 bits per heavy atom. The molecule has 1 aromatic carbocycles. The first-order chi connectivity index (χ1) is 11.0. The summed E-state index contributed by atoms with van der Waals surface area (Å²) in [6.45, 7) is 4.41. The molecule has 0 aliphatic heterocycles. The third-order valence-electron chi connectivity index (χ3n) is 3.49. The van der Waals surface area contributed by atoms with Gasteiger partial charge in [-0.25, -0.2) is 4.39 Å². The number of benzene rings is 1. The van der Waals surface area contributed by atoms with Gasteiger partial charge in [0.1, 0.15) is 17.3 Å². The van der Waals surface area contributed by atoms with Crippen molar-refractivity contribution in [3.63, 3.8) is 0 Å². The zero-order valence-corrected chi connectivity index (χ0v) is 14.2. The van der Waals surface area contributed by atoms with E-state index in [0.29, 0.717) is 29.5 Å². The number of nitrogens with one attached hydrogen (secondary N) is 2. The van der Waals surface area contributed by atoms with Gasteiger partial charge >= 0.3 is 0 Å². The maximum absolute atomic E-state index is 13.7. The lowest BCUT2D eigenvalue weighted by molar-refractivity contribution is 0.441. The predicted octanol–water partition coefficient (Wildman–Crippen LogP) is 3.85. The molecule has 1 unspecified atom stereocenters. The lowest BCUT2D eigenvalue weighted by Crippen LogP contribution is -2.39. The fourth-order valence-electron chi connectivity index (χ4n) is 2.23. The van der Waals surface area contributed by atoms with Crippen LogP contribution in [0.4, 0.5) is 4.39 Å². The number of hydrogen-bond acceptors (Lipinski definition) is 2. The molecule has 0 amide bonds. The summed E-state index contributed by atoms with van der Waals surface area (Å²) >= 11 is 6.02. The number of aliphatic imine (C=N–C) groups is 1. The van der Waals surface area contributed by atoms with E-state index in [1.807, 2.05) is 26.0 Å². The summed E-state index contributed by atoms with van der Waals surface area (Å²) in [4.78, 5) is 4.16. The van der Waals surface area contributed by atoms with Crippen molar-refractivity contribution in [2.24, 2.45) is 4.99 Å². The molecule has 124 valence electrons. The van der Waals surface area contributed by atoms with Gasteiger partial charge in [-0.1, -0.05) is 17.7 Å². The summed E-state index contributed by atoms with van der Waals surface area (Å²) in [5.41, 5.74) is 0.506. The Morgan fingerprint density at radius 2 is 2.13 bits per heavy atom. The van der Waals surface area contributed by atoms with Gasteiger partial charge in [-0.15, -0.1) is 0 Å². The second-order valence-corrected chi connectivity index (χ2v) is 5.67. The Labute approximate surface area is 140 Å². The standard InChI is InChI=1S/C17H21ClFN3O/c1-11-7-8-16(23-11)12(2)22-17(20-3)21-10-9-13-14(18)5-4-6-15(13)19/h4-8,12H,9-10H2,1-3H3,(H2,20,21,22). The maximum Gasteiger partial charge on any atom is 0.191 e. The zero-order valence-electron chi connectivity index (χ0n) is 13.5. The molecule has 0 fully saturated rings. The van der Waals surface area contributed by atoms with E-state index < -0.39 is 0 Å². The number of aryl methyl sites for hydroxylation is 1. The number of hydrogen-bond donors (Lipinski definition) is 2. The summed E-state index contributed by atoms with van der Waals surface area (Å²) in [5, 5.41) is 6.82. The largest absolute Gasteiger partial charge is 0.464 e. The third-order valence-corrected chi connectivity index (χ3v) is 3.85. The van der Waals surface area contributed by atoms with Crippen LogP contribution in [-0.4, -0.2) is 19.6 Å². The van der Waals surface area contributed by atoms with Gasteiger partial charge in [0, 0.05) is 24.2 Å². The monoisotopic (exact) mass is 337 g/mol. The molecule has 1 heterocycles. The van der Waals surface area contributed by atoms with Crippen molar-refractivity contribution in [1.82, 2.24) is 10.6 Å². The summed E-state index contributed by atoms with van der Waals surface area (Å²) in [5.74, 6) is 2.04. The van der Waals surface area contributed by atoms with Gasteiger partial charge in [-0.2, -0.15) is 0 Å². The predicted molar refractivity (Wildman–Crippen MR) is 91.5 cm³/mol. The van der Waals surface area contributed by atoms with E-state index in [0.717, 1.165) is 11.5 Å². The van der Waals surface area contributed by atoms with Crippen LogP contribution in [0.15, 0.2) is 39.7 Å². The molecule has 0 aliphatic rings. The third kappa shape index (κ3) is 4.73. The number of rotatable bonds is 5. The average Bonchev–Trinajstić information content (AvgIpc) is 2.95. The van der Waals surface area contributed by atoms with Crippen LogP contribution in [0, 0.1) is 12.7 Å². The minimum absolute atomic E-state index is 0.0213. The minimum Gasteiger partial charge on any atom is -0.464 e. The molecule has 2 aromatic rings. The molecule has 2 N–H and O–H groups in total. The first-order valence-electron chi connectivity index (χ1n) is 7.47. The van der Waals surface area contributed by atoms with E-state index >= 15 is 0 Å². The number of nitrogens with zero attached hydrogens (tertiary/aromatic N) is 1. The summed E-state index contributed by atoms with van der Waals surface area (Å²) < 4.78 is 19.3. The van der Waals surface area contributed by atoms with Gasteiger partial charge in [-0.05, 0) is 44.5 Å².